The number of nitrogens with zero attached hydrogens (tertiary/aromatic N) is 3. The summed E-state index contributed by atoms with van der Waals surface area (Å²) in [6.07, 6.45) is 2.53. The molecule has 180 valence electrons. The predicted molar refractivity (Wildman–Crippen MR) is 130 cm³/mol. The standard InChI is InChI=1S/C27H33N3O4/c1-3-10-26(32)33-19-23(31)17-29(21-15-16-21)18-25-20(2)28-30(22-11-6-4-7-12-22)27(25)34-24-13-8-5-9-14-24/h4-9,11-14,21,23,31H,3,10,15-19H2,1-2H3/t23-/m1/s1. The second kappa shape index (κ2) is 11.3. The zero-order chi connectivity index (χ0) is 23.9. The highest BCUT2D eigenvalue weighted by Crippen LogP contribution is 2.35. The van der Waals surface area contributed by atoms with Gasteiger partial charge in [0, 0.05) is 25.6 Å². The smallest absolute Gasteiger partial charge is 0.305 e. The number of esters is 1. The minimum absolute atomic E-state index is 0.0116. The Kier molecular flexibility index (Phi) is 7.98. The molecule has 0 bridgehead atoms. The third kappa shape index (κ3) is 6.24. The number of ether oxygens (including phenoxy) is 2. The van der Waals surface area contributed by atoms with Crippen LogP contribution in [0, 0.1) is 6.92 Å². The predicted octanol–water partition coefficient (Wildman–Crippen LogP) is 4.64. The van der Waals surface area contributed by atoms with Gasteiger partial charge in [-0.3, -0.25) is 9.69 Å². The molecule has 0 aliphatic heterocycles. The van der Waals surface area contributed by atoms with Gasteiger partial charge >= 0.3 is 5.97 Å². The molecule has 3 aromatic rings. The molecule has 1 fully saturated rings. The first-order chi connectivity index (χ1) is 16.5. The van der Waals surface area contributed by atoms with E-state index >= 15 is 0 Å². The molecule has 1 atom stereocenters. The van der Waals surface area contributed by atoms with Crippen molar-refractivity contribution in [2.24, 2.45) is 0 Å². The fourth-order valence-corrected chi connectivity index (χ4v) is 3.94. The van der Waals surface area contributed by atoms with E-state index in [-0.39, 0.29) is 12.6 Å². The van der Waals surface area contributed by atoms with Crippen molar-refractivity contribution < 1.29 is 19.4 Å². The lowest BCUT2D eigenvalue weighted by Crippen LogP contribution is -2.36. The summed E-state index contributed by atoms with van der Waals surface area (Å²) in [6, 6.07) is 20.0. The van der Waals surface area contributed by atoms with Gasteiger partial charge in [-0.05, 0) is 50.5 Å². The minimum atomic E-state index is -0.746. The molecule has 7 heteroatoms. The molecular weight excluding hydrogens is 430 g/mol. The third-order valence-corrected chi connectivity index (χ3v) is 5.86. The van der Waals surface area contributed by atoms with Gasteiger partial charge in [0.15, 0.2) is 0 Å². The van der Waals surface area contributed by atoms with Crippen LogP contribution >= 0.6 is 0 Å². The maximum Gasteiger partial charge on any atom is 0.305 e. The lowest BCUT2D eigenvalue weighted by Gasteiger charge is -2.25. The van der Waals surface area contributed by atoms with Crippen molar-refractivity contribution in [2.75, 3.05) is 13.2 Å². The van der Waals surface area contributed by atoms with E-state index in [0.29, 0.717) is 31.4 Å². The molecule has 7 nitrogen and oxygen atoms in total. The molecule has 0 unspecified atom stereocenters. The highest BCUT2D eigenvalue weighted by atomic mass is 16.5. The molecule has 1 aliphatic carbocycles. The van der Waals surface area contributed by atoms with Crippen molar-refractivity contribution in [1.29, 1.82) is 0 Å². The second-order valence-corrected chi connectivity index (χ2v) is 8.78. The summed E-state index contributed by atoms with van der Waals surface area (Å²) in [5, 5.41) is 15.4. The van der Waals surface area contributed by atoms with E-state index < -0.39 is 6.10 Å². The zero-order valence-corrected chi connectivity index (χ0v) is 19.9. The average Bonchev–Trinajstić information content (AvgIpc) is 3.65. The SMILES string of the molecule is CCCC(=O)OC[C@H](O)CN(Cc1c(C)nn(-c2ccccc2)c1Oc1ccccc1)C1CC1. The average molecular weight is 464 g/mol. The van der Waals surface area contributed by atoms with E-state index in [1.165, 1.54) is 0 Å². The minimum Gasteiger partial charge on any atom is -0.463 e. The van der Waals surface area contributed by atoms with Gasteiger partial charge in [0.25, 0.3) is 0 Å². The van der Waals surface area contributed by atoms with Crippen molar-refractivity contribution in [1.82, 2.24) is 14.7 Å². The molecule has 0 saturated heterocycles. The van der Waals surface area contributed by atoms with Crippen LogP contribution < -0.4 is 4.74 Å². The summed E-state index contributed by atoms with van der Waals surface area (Å²) in [5.41, 5.74) is 2.78. The Bertz CT molecular complexity index is 1060. The van der Waals surface area contributed by atoms with Gasteiger partial charge in [0.05, 0.1) is 16.9 Å². The maximum absolute atomic E-state index is 11.7. The number of aromatic nitrogens is 2. The normalized spacial score (nSPS) is 14.2. The summed E-state index contributed by atoms with van der Waals surface area (Å²) in [4.78, 5) is 13.9. The summed E-state index contributed by atoms with van der Waals surface area (Å²) in [7, 11) is 0. The Morgan fingerprint density at radius 3 is 2.47 bits per heavy atom. The first-order valence-electron chi connectivity index (χ1n) is 12.0. The van der Waals surface area contributed by atoms with Crippen molar-refractivity contribution >= 4 is 5.97 Å². The molecule has 0 amide bonds. The molecule has 34 heavy (non-hydrogen) atoms. The summed E-state index contributed by atoms with van der Waals surface area (Å²) in [5.74, 6) is 1.14. The van der Waals surface area contributed by atoms with Crippen molar-refractivity contribution in [3.8, 4) is 17.3 Å². The monoisotopic (exact) mass is 463 g/mol. The Hall–Kier alpha value is -3.16. The third-order valence-electron chi connectivity index (χ3n) is 5.86. The van der Waals surface area contributed by atoms with Crippen LogP contribution in [0.2, 0.25) is 0 Å². The Morgan fingerprint density at radius 2 is 1.82 bits per heavy atom. The highest BCUT2D eigenvalue weighted by Gasteiger charge is 2.33. The number of hydrogen-bond acceptors (Lipinski definition) is 6. The number of benzene rings is 2. The fraction of sp³-hybridized carbons (Fsp3) is 0.407. The molecule has 1 aromatic heterocycles. The molecule has 2 aromatic carbocycles. The van der Waals surface area contributed by atoms with Gasteiger partial charge in [-0.1, -0.05) is 43.3 Å². The lowest BCUT2D eigenvalue weighted by molar-refractivity contribution is -0.147. The highest BCUT2D eigenvalue weighted by molar-refractivity contribution is 5.69. The van der Waals surface area contributed by atoms with Crippen LogP contribution in [0.4, 0.5) is 0 Å². The van der Waals surface area contributed by atoms with E-state index in [2.05, 4.69) is 4.90 Å². The van der Waals surface area contributed by atoms with Gasteiger partial charge in [0.2, 0.25) is 5.88 Å². The van der Waals surface area contributed by atoms with Crippen LogP contribution in [0.5, 0.6) is 11.6 Å². The Morgan fingerprint density at radius 1 is 1.15 bits per heavy atom. The number of para-hydroxylation sites is 2. The number of aliphatic hydroxyl groups excluding tert-OH is 1. The van der Waals surface area contributed by atoms with Crippen molar-refractivity contribution in [3.05, 3.63) is 71.9 Å². The number of carbonyl (C=O) groups excluding carboxylic acids is 1. The van der Waals surface area contributed by atoms with Crippen LogP contribution in [0.1, 0.15) is 43.9 Å². The fourth-order valence-electron chi connectivity index (χ4n) is 3.94. The molecular formula is C27H33N3O4. The quantitative estimate of drug-likeness (QED) is 0.394. The van der Waals surface area contributed by atoms with E-state index in [0.717, 1.165) is 42.0 Å². The first-order valence-corrected chi connectivity index (χ1v) is 12.0. The summed E-state index contributed by atoms with van der Waals surface area (Å²) >= 11 is 0. The van der Waals surface area contributed by atoms with Crippen LogP contribution in [-0.4, -0.2) is 51.1 Å². The van der Waals surface area contributed by atoms with Gasteiger partial charge in [-0.25, -0.2) is 4.68 Å². The van der Waals surface area contributed by atoms with E-state index in [9.17, 15) is 9.90 Å². The molecule has 1 N–H and O–H groups in total. The van der Waals surface area contributed by atoms with Gasteiger partial charge in [-0.2, -0.15) is 5.10 Å². The number of aryl methyl sites for hydroxylation is 1. The van der Waals surface area contributed by atoms with Gasteiger partial charge in [-0.15, -0.1) is 0 Å². The van der Waals surface area contributed by atoms with Crippen LogP contribution in [-0.2, 0) is 16.1 Å². The number of hydrogen-bond donors (Lipinski definition) is 1. The molecule has 1 saturated carbocycles. The number of carbonyl (C=O) groups is 1. The van der Waals surface area contributed by atoms with Gasteiger partial charge in [0.1, 0.15) is 18.5 Å². The molecule has 4 rings (SSSR count). The Balaban J connectivity index is 1.57. The molecule has 1 heterocycles. The van der Waals surface area contributed by atoms with E-state index in [4.69, 9.17) is 14.6 Å². The van der Waals surface area contributed by atoms with E-state index in [1.807, 2.05) is 79.2 Å². The van der Waals surface area contributed by atoms with Crippen molar-refractivity contribution in [3.63, 3.8) is 0 Å². The van der Waals surface area contributed by atoms with E-state index in [1.54, 1.807) is 0 Å². The van der Waals surface area contributed by atoms with Crippen molar-refractivity contribution in [2.45, 2.75) is 58.2 Å². The van der Waals surface area contributed by atoms with Crippen LogP contribution in [0.15, 0.2) is 60.7 Å². The van der Waals surface area contributed by atoms with Crippen LogP contribution in [0.25, 0.3) is 5.69 Å². The Labute approximate surface area is 200 Å². The first kappa shape index (κ1) is 24.0. The lowest BCUT2D eigenvalue weighted by atomic mass is 10.2. The summed E-state index contributed by atoms with van der Waals surface area (Å²) < 4.78 is 13.4. The van der Waals surface area contributed by atoms with Gasteiger partial charge < -0.3 is 14.6 Å². The number of aliphatic hydroxyl groups is 1. The van der Waals surface area contributed by atoms with Crippen LogP contribution in [0.3, 0.4) is 0 Å². The summed E-state index contributed by atoms with van der Waals surface area (Å²) in [6.45, 7) is 4.94. The topological polar surface area (TPSA) is 76.8 Å². The molecule has 1 aliphatic rings. The second-order valence-electron chi connectivity index (χ2n) is 8.78. The maximum atomic E-state index is 11.7. The molecule has 0 spiro atoms. The molecule has 0 radical (unpaired) electrons. The zero-order valence-electron chi connectivity index (χ0n) is 19.9. The largest absolute Gasteiger partial charge is 0.463 e. The number of rotatable bonds is 12.